The van der Waals surface area contributed by atoms with E-state index in [2.05, 4.69) is 12.2 Å². The number of nitrogens with two attached hydrogens (primary N) is 1. The molecule has 1 aliphatic carbocycles. The minimum atomic E-state index is -0.505. The van der Waals surface area contributed by atoms with Crippen molar-refractivity contribution in [3.05, 3.63) is 44.8 Å². The van der Waals surface area contributed by atoms with Gasteiger partial charge < -0.3 is 15.8 Å². The van der Waals surface area contributed by atoms with Gasteiger partial charge in [-0.05, 0) is 48.9 Å². The lowest BCUT2D eigenvalue weighted by molar-refractivity contribution is 0.1000. The Morgan fingerprint density at radius 2 is 2.16 bits per heavy atom. The number of ether oxygens (including phenoxy) is 1. The van der Waals surface area contributed by atoms with Crippen molar-refractivity contribution >= 4 is 39.8 Å². The van der Waals surface area contributed by atoms with E-state index >= 15 is 0 Å². The Bertz CT molecular complexity index is 847. The summed E-state index contributed by atoms with van der Waals surface area (Å²) in [5.74, 6) is 0.223. The van der Waals surface area contributed by atoms with Crippen LogP contribution < -0.4 is 15.8 Å². The number of nitrogens with one attached hydrogen (secondary N) is 1. The Morgan fingerprint density at radius 3 is 2.80 bits per heavy atom. The zero-order valence-electron chi connectivity index (χ0n) is 14.0. The number of benzene rings is 1. The van der Waals surface area contributed by atoms with Crippen LogP contribution in [0.15, 0.2) is 18.2 Å². The van der Waals surface area contributed by atoms with Crippen molar-refractivity contribution in [2.24, 2.45) is 11.7 Å². The molecular weight excluding hydrogens is 360 g/mol. The van der Waals surface area contributed by atoms with Crippen LogP contribution in [0, 0.1) is 5.92 Å². The lowest BCUT2D eigenvalue weighted by atomic mass is 9.88. The number of hydrogen-bond donors (Lipinski definition) is 2. The standard InChI is InChI=1S/C18H19ClN2O3S/c1-9-3-5-11-14(7-9)25-18(15(11)16(20)22)21-17(23)10-4-6-13(24-2)12(19)8-10/h4,6,8-9H,3,5,7H2,1-2H3,(H2,20,22)(H,21,23). The quantitative estimate of drug-likeness (QED) is 0.846. The molecule has 0 bridgehead atoms. The molecule has 3 rings (SSSR count). The zero-order chi connectivity index (χ0) is 18.1. The Hall–Kier alpha value is -2.05. The second-order valence-electron chi connectivity index (χ2n) is 6.22. The lowest BCUT2D eigenvalue weighted by Crippen LogP contribution is -2.19. The van der Waals surface area contributed by atoms with Gasteiger partial charge in [0.05, 0.1) is 17.7 Å². The molecule has 0 fully saturated rings. The highest BCUT2D eigenvalue weighted by Crippen LogP contribution is 2.39. The van der Waals surface area contributed by atoms with Gasteiger partial charge in [-0.25, -0.2) is 0 Å². The normalized spacial score (nSPS) is 16.2. The maximum atomic E-state index is 12.6. The summed E-state index contributed by atoms with van der Waals surface area (Å²) in [6.07, 6.45) is 2.74. The van der Waals surface area contributed by atoms with E-state index in [1.54, 1.807) is 12.1 Å². The Kier molecular flexibility index (Phi) is 5.01. The molecule has 132 valence electrons. The Balaban J connectivity index is 1.91. The van der Waals surface area contributed by atoms with Gasteiger partial charge >= 0.3 is 0 Å². The van der Waals surface area contributed by atoms with Crippen LogP contribution in [0.5, 0.6) is 5.75 Å². The highest BCUT2D eigenvalue weighted by atomic mass is 35.5. The van der Waals surface area contributed by atoms with Crippen molar-refractivity contribution in [3.63, 3.8) is 0 Å². The highest BCUT2D eigenvalue weighted by Gasteiger charge is 2.27. The van der Waals surface area contributed by atoms with Gasteiger partial charge in [0.25, 0.3) is 11.8 Å². The van der Waals surface area contributed by atoms with Gasteiger partial charge in [0.2, 0.25) is 0 Å². The molecule has 0 saturated carbocycles. The number of anilines is 1. The monoisotopic (exact) mass is 378 g/mol. The minimum absolute atomic E-state index is 0.335. The van der Waals surface area contributed by atoms with E-state index in [-0.39, 0.29) is 5.91 Å². The summed E-state index contributed by atoms with van der Waals surface area (Å²) in [5.41, 5.74) is 7.39. The number of amides is 2. The van der Waals surface area contributed by atoms with Crippen molar-refractivity contribution in [1.29, 1.82) is 0 Å². The van der Waals surface area contributed by atoms with Crippen LogP contribution in [0.4, 0.5) is 5.00 Å². The summed E-state index contributed by atoms with van der Waals surface area (Å²) >= 11 is 7.52. The molecule has 0 radical (unpaired) electrons. The third kappa shape index (κ3) is 3.50. The molecule has 25 heavy (non-hydrogen) atoms. The number of fused-ring (bicyclic) bond motifs is 1. The zero-order valence-corrected chi connectivity index (χ0v) is 15.6. The fraction of sp³-hybridized carbons (Fsp3) is 0.333. The van der Waals surface area contributed by atoms with Crippen LogP contribution >= 0.6 is 22.9 Å². The molecule has 1 aliphatic rings. The van der Waals surface area contributed by atoms with Crippen LogP contribution in [0.25, 0.3) is 0 Å². The third-order valence-corrected chi connectivity index (χ3v) is 5.86. The van der Waals surface area contributed by atoms with Crippen LogP contribution in [0.1, 0.15) is 44.5 Å². The number of rotatable bonds is 4. The van der Waals surface area contributed by atoms with E-state index in [9.17, 15) is 9.59 Å². The molecule has 0 aliphatic heterocycles. The van der Waals surface area contributed by atoms with Crippen LogP contribution in [-0.2, 0) is 12.8 Å². The number of methoxy groups -OCH3 is 1. The SMILES string of the molecule is COc1ccc(C(=O)Nc2sc3c(c2C(N)=O)CCC(C)C3)cc1Cl. The second kappa shape index (κ2) is 7.06. The van der Waals surface area contributed by atoms with E-state index in [4.69, 9.17) is 22.1 Å². The predicted octanol–water partition coefficient (Wildman–Crippen LogP) is 3.89. The van der Waals surface area contributed by atoms with Gasteiger partial charge in [-0.3, -0.25) is 9.59 Å². The first kappa shape index (κ1) is 17.8. The predicted molar refractivity (Wildman–Crippen MR) is 100.0 cm³/mol. The van der Waals surface area contributed by atoms with Gasteiger partial charge in [-0.15, -0.1) is 11.3 Å². The van der Waals surface area contributed by atoms with Gasteiger partial charge in [-0.2, -0.15) is 0 Å². The highest BCUT2D eigenvalue weighted by molar-refractivity contribution is 7.17. The number of thiophene rings is 1. The van der Waals surface area contributed by atoms with E-state index in [0.29, 0.717) is 32.8 Å². The van der Waals surface area contributed by atoms with Crippen molar-refractivity contribution in [2.75, 3.05) is 12.4 Å². The first-order valence-electron chi connectivity index (χ1n) is 8.00. The van der Waals surface area contributed by atoms with Gasteiger partial charge in [-0.1, -0.05) is 18.5 Å². The van der Waals surface area contributed by atoms with Gasteiger partial charge in [0.15, 0.2) is 0 Å². The second-order valence-corrected chi connectivity index (χ2v) is 7.74. The first-order valence-corrected chi connectivity index (χ1v) is 9.19. The van der Waals surface area contributed by atoms with Gasteiger partial charge in [0.1, 0.15) is 10.8 Å². The molecule has 1 atom stereocenters. The summed E-state index contributed by atoms with van der Waals surface area (Å²) < 4.78 is 5.09. The number of halogens is 1. The van der Waals surface area contributed by atoms with E-state index in [0.717, 1.165) is 29.7 Å². The Morgan fingerprint density at radius 1 is 1.40 bits per heavy atom. The smallest absolute Gasteiger partial charge is 0.256 e. The lowest BCUT2D eigenvalue weighted by Gasteiger charge is -2.18. The molecule has 1 aromatic carbocycles. The van der Waals surface area contributed by atoms with Crippen LogP contribution in [0.2, 0.25) is 5.02 Å². The molecule has 1 heterocycles. The van der Waals surface area contributed by atoms with E-state index in [1.165, 1.54) is 24.5 Å². The maximum Gasteiger partial charge on any atom is 0.256 e. The van der Waals surface area contributed by atoms with E-state index < -0.39 is 5.91 Å². The summed E-state index contributed by atoms with van der Waals surface area (Å²) in [5, 5.41) is 3.69. The van der Waals surface area contributed by atoms with Crippen molar-refractivity contribution in [2.45, 2.75) is 26.2 Å². The molecule has 1 unspecified atom stereocenters. The summed E-state index contributed by atoms with van der Waals surface area (Å²) in [6, 6.07) is 4.79. The average molecular weight is 379 g/mol. The third-order valence-electron chi connectivity index (χ3n) is 4.40. The molecule has 3 N–H and O–H groups in total. The average Bonchev–Trinajstić information content (AvgIpc) is 2.91. The maximum absolute atomic E-state index is 12.6. The van der Waals surface area contributed by atoms with Gasteiger partial charge in [0, 0.05) is 10.4 Å². The first-order chi connectivity index (χ1) is 11.9. The molecule has 2 amide bonds. The number of carbonyl (C=O) groups excluding carboxylic acids is 2. The van der Waals surface area contributed by atoms with Crippen molar-refractivity contribution in [3.8, 4) is 5.75 Å². The molecule has 1 aromatic heterocycles. The molecule has 5 nitrogen and oxygen atoms in total. The molecule has 0 saturated heterocycles. The summed E-state index contributed by atoms with van der Waals surface area (Å²) in [4.78, 5) is 25.6. The summed E-state index contributed by atoms with van der Waals surface area (Å²) in [6.45, 7) is 2.18. The number of carbonyl (C=O) groups is 2. The Labute approximate surface area is 155 Å². The van der Waals surface area contributed by atoms with Crippen molar-refractivity contribution < 1.29 is 14.3 Å². The van der Waals surface area contributed by atoms with Crippen molar-refractivity contribution in [1.82, 2.24) is 0 Å². The fourth-order valence-electron chi connectivity index (χ4n) is 3.08. The van der Waals surface area contributed by atoms with Crippen LogP contribution in [0.3, 0.4) is 0 Å². The molecule has 2 aromatic rings. The summed E-state index contributed by atoms with van der Waals surface area (Å²) in [7, 11) is 1.51. The van der Waals surface area contributed by atoms with Crippen LogP contribution in [-0.4, -0.2) is 18.9 Å². The molecule has 7 heteroatoms. The largest absolute Gasteiger partial charge is 0.495 e. The molecular formula is C18H19ClN2O3S. The molecule has 0 spiro atoms. The topological polar surface area (TPSA) is 81.4 Å². The van der Waals surface area contributed by atoms with E-state index in [1.807, 2.05) is 0 Å². The fourth-order valence-corrected chi connectivity index (χ4v) is 4.75. The number of hydrogen-bond acceptors (Lipinski definition) is 4. The number of primary amides is 1. The minimum Gasteiger partial charge on any atom is -0.495 e.